The van der Waals surface area contributed by atoms with Crippen LogP contribution in [-0.4, -0.2) is 338 Å². The molecule has 0 aromatic rings. The van der Waals surface area contributed by atoms with Gasteiger partial charge < -0.3 is 159 Å². The van der Waals surface area contributed by atoms with Gasteiger partial charge >= 0.3 is 0 Å². The van der Waals surface area contributed by atoms with E-state index < -0.39 is 252 Å². The summed E-state index contributed by atoms with van der Waals surface area (Å²) < 4.78 is 72.5. The average molecular weight is 1420 g/mol. The minimum absolute atomic E-state index is 0.000800. The monoisotopic (exact) mass is 1420 g/mol. The number of rotatable bonds is 23. The topological polar surface area (TPSA) is 515 Å². The summed E-state index contributed by atoms with van der Waals surface area (Å²) in [6.07, 6.45) is -40.7. The third-order valence-electron chi connectivity index (χ3n) is 24.7. The first-order valence-corrected chi connectivity index (χ1v) is 34.9. The predicted octanol–water partition coefficient (Wildman–Crippen LogP) is -5.53. The fourth-order valence-corrected chi connectivity index (χ4v) is 18.5. The second-order valence-electron chi connectivity index (χ2n) is 31.3. The molecular formula is C66H112O32. The molecular weight excluding hydrogens is 1300 g/mol. The molecule has 32 heteroatoms. The maximum Gasteiger partial charge on any atom is 0.187 e. The van der Waals surface area contributed by atoms with Crippen LogP contribution in [0.5, 0.6) is 0 Å². The molecule has 4 aliphatic carbocycles. The Bertz CT molecular complexity index is 2600. The lowest BCUT2D eigenvalue weighted by molar-refractivity contribution is -0.372. The van der Waals surface area contributed by atoms with Crippen molar-refractivity contribution in [2.75, 3.05) is 39.6 Å². The van der Waals surface area contributed by atoms with E-state index in [-0.39, 0.29) is 48.3 Å². The molecule has 0 amide bonds. The summed E-state index contributed by atoms with van der Waals surface area (Å²) in [6.45, 7) is 12.1. The SMILES string of the molecule is C[C@H](CC[C@@H](O[C@@H]1O[C@H](CO[C@@H]2O[C@H](CO)[C@@H](O)[C@H](O)[C@H]2O)[C@@H](O)[C@H](O)[C@H]1O[C@H]1C[C@@H](O)C[C@@H](CO)O1)C(C)(C)O)[C@H]1CC[C@@]2(C)[C@@H]3CC=C4[C@@H](CC[C@H](O[C@@H]5O[C@H](CO[C@@H]6O[C@H](CO)[C@@H](O)[C@H](O)[C@H]6O)[C@@H](O[C@H]6O[C@H](CO)[C@@H](O)[C@H](O)[C@H]6O)[C@H](O)[C@H]5O)C4(C)C)[C@]3(C)[C@H](O)C[C@]12C. The van der Waals surface area contributed by atoms with Crippen molar-refractivity contribution in [3.05, 3.63) is 11.6 Å². The van der Waals surface area contributed by atoms with Gasteiger partial charge in [0.2, 0.25) is 0 Å². The van der Waals surface area contributed by atoms with Crippen LogP contribution >= 0.6 is 0 Å². The molecule has 0 spiro atoms. The van der Waals surface area contributed by atoms with Gasteiger partial charge in [0.1, 0.15) is 122 Å². The first-order valence-electron chi connectivity index (χ1n) is 34.9. The van der Waals surface area contributed by atoms with Crippen LogP contribution in [0.1, 0.15) is 120 Å². The first-order chi connectivity index (χ1) is 46.0. The quantitative estimate of drug-likeness (QED) is 0.0424. The Morgan fingerprint density at radius 2 is 1.01 bits per heavy atom. The normalized spacial score (nSPS) is 51.3. The first kappa shape index (κ1) is 79.0. The zero-order valence-corrected chi connectivity index (χ0v) is 56.9. The number of aliphatic hydroxyl groups is 20. The van der Waals surface area contributed by atoms with Crippen molar-refractivity contribution >= 4 is 0 Å². The van der Waals surface area contributed by atoms with E-state index in [1.165, 1.54) is 0 Å². The molecule has 6 saturated heterocycles. The van der Waals surface area contributed by atoms with Gasteiger partial charge in [-0.15, -0.1) is 0 Å². The van der Waals surface area contributed by atoms with E-state index in [2.05, 4.69) is 33.8 Å². The van der Waals surface area contributed by atoms with Crippen LogP contribution < -0.4 is 0 Å². The van der Waals surface area contributed by atoms with E-state index in [0.717, 1.165) is 18.4 Å². The van der Waals surface area contributed by atoms with Gasteiger partial charge in [-0.25, -0.2) is 0 Å². The van der Waals surface area contributed by atoms with Crippen LogP contribution in [-0.2, 0) is 56.8 Å². The van der Waals surface area contributed by atoms with Crippen LogP contribution in [0.15, 0.2) is 11.6 Å². The second-order valence-corrected chi connectivity index (χ2v) is 31.3. The molecule has 0 aromatic carbocycles. The van der Waals surface area contributed by atoms with Gasteiger partial charge in [-0.2, -0.15) is 0 Å². The van der Waals surface area contributed by atoms with Gasteiger partial charge in [0.15, 0.2) is 37.7 Å². The molecule has 0 unspecified atom stereocenters. The molecule has 0 bridgehead atoms. The number of ether oxygens (including phenoxy) is 12. The van der Waals surface area contributed by atoms with Crippen LogP contribution in [0.3, 0.4) is 0 Å². The largest absolute Gasteiger partial charge is 0.394 e. The third-order valence-corrected chi connectivity index (χ3v) is 24.7. The van der Waals surface area contributed by atoms with E-state index >= 15 is 0 Å². The molecule has 9 fully saturated rings. The minimum Gasteiger partial charge on any atom is -0.394 e. The highest BCUT2D eigenvalue weighted by atomic mass is 16.8. The smallest absolute Gasteiger partial charge is 0.187 e. The lowest BCUT2D eigenvalue weighted by atomic mass is 9.38. The third kappa shape index (κ3) is 14.9. The number of hydrogen-bond donors (Lipinski definition) is 20. The minimum atomic E-state index is -1.94. The Hall–Kier alpha value is -1.54. The molecule has 6 aliphatic heterocycles. The molecule has 20 N–H and O–H groups in total. The molecule has 0 radical (unpaired) electrons. The Labute approximate surface area is 569 Å². The van der Waals surface area contributed by atoms with E-state index in [9.17, 15) is 102 Å². The lowest BCUT2D eigenvalue weighted by Crippen LogP contribution is -2.66. The van der Waals surface area contributed by atoms with Crippen molar-refractivity contribution in [2.24, 2.45) is 45.3 Å². The molecule has 6 heterocycles. The van der Waals surface area contributed by atoms with Crippen molar-refractivity contribution in [1.82, 2.24) is 0 Å². The average Bonchev–Trinajstić information content (AvgIpc) is 1.38. The summed E-state index contributed by atoms with van der Waals surface area (Å²) in [5.74, 6) is -0.0767. The molecule has 32 nitrogen and oxygen atoms in total. The van der Waals surface area contributed by atoms with Gasteiger partial charge in [0.25, 0.3) is 0 Å². The Morgan fingerprint density at radius 3 is 1.57 bits per heavy atom. The highest BCUT2D eigenvalue weighted by molar-refractivity contribution is 5.32. The van der Waals surface area contributed by atoms with Crippen molar-refractivity contribution < 1.29 is 159 Å². The Balaban J connectivity index is 0.831. The summed E-state index contributed by atoms with van der Waals surface area (Å²) >= 11 is 0. The molecule has 568 valence electrons. The zero-order chi connectivity index (χ0) is 71.8. The highest BCUT2D eigenvalue weighted by Crippen LogP contribution is 2.75. The molecule has 38 atom stereocenters. The summed E-state index contributed by atoms with van der Waals surface area (Å²) in [4.78, 5) is 0. The number of aliphatic hydroxyl groups excluding tert-OH is 19. The van der Waals surface area contributed by atoms with E-state index in [1.807, 2.05) is 13.8 Å². The Morgan fingerprint density at radius 1 is 0.510 bits per heavy atom. The van der Waals surface area contributed by atoms with E-state index in [4.69, 9.17) is 56.8 Å². The maximum absolute atomic E-state index is 13.0. The van der Waals surface area contributed by atoms with Crippen molar-refractivity contribution in [3.8, 4) is 0 Å². The van der Waals surface area contributed by atoms with Gasteiger partial charge in [-0.3, -0.25) is 0 Å². The Kier molecular flexibility index (Phi) is 25.1. The summed E-state index contributed by atoms with van der Waals surface area (Å²) in [5.41, 5.74) is -2.64. The van der Waals surface area contributed by atoms with Crippen LogP contribution in [0.2, 0.25) is 0 Å². The maximum atomic E-state index is 13.0. The second kappa shape index (κ2) is 31.1. The summed E-state index contributed by atoms with van der Waals surface area (Å²) in [5, 5.41) is 217. The standard InChI is InChI=1S/C66H112O32/c1-26(9-13-40(63(4,5)86)96-61-56(97-41-18-27(71)17-28(20-67)89-41)49(80)45(76)35(93-61)24-87-57-51(82)46(77)42(73)32(21-68)90-57)29-15-16-64(6)37-12-10-30-31(66(37,8)38(72)19-65(29,64)7)11-14-39(62(30,2)3)95-59-54(85)50(81)55(98-60-53(84)48(79)44(75)34(23-70)92-60)36(94-59)25-88-58-52(83)47(78)43(74)33(22-69)91-58/h10,26-29,31-61,67-86H,9,11-25H2,1-8H3/t26-,27+,28+,29-,31-,32-,33-,34-,35-,36-,37+,38-,39+,40-,41+,42-,43-,44-,45-,46+,47+,48+,49+,50-,51-,52-,53-,54-,55-,56-,57-,58-,59+,60-,61+,64+,65-,66+/m1/s1. The number of fused-ring (bicyclic) bond motifs is 5. The van der Waals surface area contributed by atoms with Crippen LogP contribution in [0.4, 0.5) is 0 Å². The molecule has 0 aromatic heterocycles. The van der Waals surface area contributed by atoms with Gasteiger partial charge in [-0.1, -0.05) is 53.2 Å². The zero-order valence-electron chi connectivity index (χ0n) is 56.9. The fraction of sp³-hybridized carbons (Fsp3) is 0.970. The van der Waals surface area contributed by atoms with Gasteiger partial charge in [0, 0.05) is 23.7 Å². The van der Waals surface area contributed by atoms with Crippen LogP contribution in [0.25, 0.3) is 0 Å². The van der Waals surface area contributed by atoms with Crippen molar-refractivity contribution in [1.29, 1.82) is 0 Å². The molecule has 10 rings (SSSR count). The summed E-state index contributed by atoms with van der Waals surface area (Å²) in [7, 11) is 0. The highest BCUT2D eigenvalue weighted by Gasteiger charge is 2.71. The molecule has 3 saturated carbocycles. The van der Waals surface area contributed by atoms with E-state index in [0.29, 0.717) is 32.1 Å². The van der Waals surface area contributed by atoms with Crippen molar-refractivity contribution in [2.45, 2.75) is 316 Å². The van der Waals surface area contributed by atoms with E-state index in [1.54, 1.807) is 13.8 Å². The lowest BCUT2D eigenvalue weighted by Gasteiger charge is -2.67. The predicted molar refractivity (Wildman–Crippen MR) is 330 cm³/mol. The molecule has 10 aliphatic rings. The summed E-state index contributed by atoms with van der Waals surface area (Å²) in [6, 6.07) is 0. The van der Waals surface area contributed by atoms with Crippen molar-refractivity contribution in [3.63, 3.8) is 0 Å². The molecule has 98 heavy (non-hydrogen) atoms. The fourth-order valence-electron chi connectivity index (χ4n) is 18.5. The van der Waals surface area contributed by atoms with Gasteiger partial charge in [-0.05, 0) is 99.7 Å². The number of hydrogen-bond acceptors (Lipinski definition) is 32. The van der Waals surface area contributed by atoms with Gasteiger partial charge in [0.05, 0.1) is 75.8 Å². The number of allylic oxidation sites excluding steroid dienone is 1. The van der Waals surface area contributed by atoms with Crippen LogP contribution in [0, 0.1) is 45.3 Å².